The molecule has 152 valence electrons. The fourth-order valence-electron chi connectivity index (χ4n) is 3.12. The van der Waals surface area contributed by atoms with Crippen LogP contribution in [-0.4, -0.2) is 23.3 Å². The van der Waals surface area contributed by atoms with Crippen LogP contribution in [0.15, 0.2) is 53.6 Å². The van der Waals surface area contributed by atoms with Crippen molar-refractivity contribution in [1.29, 1.82) is 0 Å². The molecule has 0 unspecified atom stereocenters. The predicted octanol–water partition coefficient (Wildman–Crippen LogP) is 5.41. The Morgan fingerprint density at radius 3 is 2.45 bits per heavy atom. The van der Waals surface area contributed by atoms with E-state index in [0.717, 1.165) is 0 Å². The minimum atomic E-state index is -4.81. The number of carboxylic acids is 1. The van der Waals surface area contributed by atoms with E-state index in [-0.39, 0.29) is 21.9 Å². The number of halogens is 4. The van der Waals surface area contributed by atoms with Crippen molar-refractivity contribution in [2.75, 3.05) is 5.32 Å². The maximum Gasteiger partial charge on any atom is 0.573 e. The number of ether oxygens (including phenoxy) is 1. The number of aliphatic carboxylic acids is 1. The maximum absolute atomic E-state index is 12.4. The number of carbonyl (C=O) groups excluding carboxylic acids is 1. The van der Waals surface area contributed by atoms with Crippen molar-refractivity contribution in [2.45, 2.75) is 25.6 Å². The predicted molar refractivity (Wildman–Crippen MR) is 101 cm³/mol. The van der Waals surface area contributed by atoms with Crippen molar-refractivity contribution < 1.29 is 32.6 Å². The molecule has 0 radical (unpaired) electrons. The van der Waals surface area contributed by atoms with Gasteiger partial charge in [0.05, 0.1) is 5.02 Å². The van der Waals surface area contributed by atoms with E-state index in [4.69, 9.17) is 16.7 Å². The van der Waals surface area contributed by atoms with Gasteiger partial charge in [0.25, 0.3) is 5.91 Å². The van der Waals surface area contributed by atoms with Crippen molar-refractivity contribution in [3.63, 3.8) is 0 Å². The molecule has 2 N–H and O–H groups in total. The van der Waals surface area contributed by atoms with Crippen molar-refractivity contribution >= 4 is 29.2 Å². The van der Waals surface area contributed by atoms with Crippen LogP contribution in [0.1, 0.15) is 19.3 Å². The number of anilines is 1. The molecular formula is C20H15ClF3NO4. The third-order valence-corrected chi connectivity index (χ3v) is 4.67. The zero-order valence-corrected chi connectivity index (χ0v) is 15.6. The van der Waals surface area contributed by atoms with Crippen LogP contribution in [0, 0.1) is 0 Å². The number of benzene rings is 2. The number of carboxylic acid groups (broad SMARTS) is 1. The van der Waals surface area contributed by atoms with E-state index in [2.05, 4.69) is 10.1 Å². The van der Waals surface area contributed by atoms with Crippen LogP contribution >= 0.6 is 11.6 Å². The zero-order valence-electron chi connectivity index (χ0n) is 14.8. The molecule has 0 heterocycles. The van der Waals surface area contributed by atoms with E-state index in [0.29, 0.717) is 36.1 Å². The van der Waals surface area contributed by atoms with Crippen molar-refractivity contribution in [1.82, 2.24) is 0 Å². The standard InChI is InChI=1S/C20H15ClF3NO4/c21-17-10-12(25-18(26)15-5-2-6-16(15)19(27)28)7-8-14(17)11-3-1-4-13(9-11)29-20(22,23)24/h1,3-4,7-10H,2,5-6H2,(H,25,26)(H,27,28). The highest BCUT2D eigenvalue weighted by atomic mass is 35.5. The van der Waals surface area contributed by atoms with Crippen LogP contribution in [0.5, 0.6) is 5.75 Å². The summed E-state index contributed by atoms with van der Waals surface area (Å²) in [5.74, 6) is -2.00. The van der Waals surface area contributed by atoms with Gasteiger partial charge < -0.3 is 15.2 Å². The number of rotatable bonds is 5. The quantitative estimate of drug-likeness (QED) is 0.671. The van der Waals surface area contributed by atoms with Gasteiger partial charge in [0.15, 0.2) is 0 Å². The Bertz CT molecular complexity index is 1000. The normalized spacial score (nSPS) is 14.1. The third-order valence-electron chi connectivity index (χ3n) is 4.36. The molecule has 1 aliphatic carbocycles. The van der Waals surface area contributed by atoms with Gasteiger partial charge in [-0.05, 0) is 49.1 Å². The van der Waals surface area contributed by atoms with Gasteiger partial charge in [-0.1, -0.05) is 29.8 Å². The number of amides is 1. The van der Waals surface area contributed by atoms with Gasteiger partial charge in [0.1, 0.15) is 5.75 Å². The summed E-state index contributed by atoms with van der Waals surface area (Å²) in [5, 5.41) is 12.0. The summed E-state index contributed by atoms with van der Waals surface area (Å²) in [6.45, 7) is 0. The van der Waals surface area contributed by atoms with Gasteiger partial charge in [-0.3, -0.25) is 4.79 Å². The van der Waals surface area contributed by atoms with E-state index < -0.39 is 18.2 Å². The first-order chi connectivity index (χ1) is 13.6. The van der Waals surface area contributed by atoms with E-state index in [9.17, 15) is 22.8 Å². The first kappa shape index (κ1) is 20.7. The summed E-state index contributed by atoms with van der Waals surface area (Å²) >= 11 is 6.25. The van der Waals surface area contributed by atoms with Gasteiger partial charge in [-0.2, -0.15) is 0 Å². The molecule has 0 spiro atoms. The minimum absolute atomic E-state index is 0.103. The van der Waals surface area contributed by atoms with E-state index >= 15 is 0 Å². The molecule has 0 aliphatic heterocycles. The Morgan fingerprint density at radius 2 is 1.79 bits per heavy atom. The van der Waals surface area contributed by atoms with Crippen LogP contribution in [0.4, 0.5) is 18.9 Å². The Kier molecular flexibility index (Phi) is 5.83. The second kappa shape index (κ2) is 8.16. The molecule has 1 aliphatic rings. The molecule has 0 atom stereocenters. The second-order valence-corrected chi connectivity index (χ2v) is 6.75. The van der Waals surface area contributed by atoms with Gasteiger partial charge in [-0.25, -0.2) is 4.79 Å². The summed E-state index contributed by atoms with van der Waals surface area (Å²) in [5.41, 5.74) is 1.53. The Balaban J connectivity index is 1.81. The molecule has 1 amide bonds. The smallest absolute Gasteiger partial charge is 0.478 e. The van der Waals surface area contributed by atoms with Gasteiger partial charge in [0.2, 0.25) is 0 Å². The average molecular weight is 426 g/mol. The summed E-state index contributed by atoms with van der Waals surface area (Å²) in [4.78, 5) is 23.6. The Hall–Kier alpha value is -3.00. The Morgan fingerprint density at radius 1 is 1.07 bits per heavy atom. The first-order valence-electron chi connectivity index (χ1n) is 8.56. The average Bonchev–Trinajstić information content (AvgIpc) is 3.11. The van der Waals surface area contributed by atoms with Gasteiger partial charge >= 0.3 is 12.3 Å². The fourth-order valence-corrected chi connectivity index (χ4v) is 3.41. The molecule has 2 aromatic carbocycles. The number of hydrogen-bond donors (Lipinski definition) is 2. The van der Waals surface area contributed by atoms with Crippen LogP contribution < -0.4 is 10.1 Å². The second-order valence-electron chi connectivity index (χ2n) is 6.34. The molecule has 29 heavy (non-hydrogen) atoms. The zero-order chi connectivity index (χ0) is 21.2. The molecular weight excluding hydrogens is 411 g/mol. The number of alkyl halides is 3. The summed E-state index contributed by atoms with van der Waals surface area (Å²) in [7, 11) is 0. The molecule has 0 saturated carbocycles. The lowest BCUT2D eigenvalue weighted by atomic mass is 10.0. The van der Waals surface area contributed by atoms with E-state index in [1.165, 1.54) is 30.3 Å². The number of nitrogens with one attached hydrogen (secondary N) is 1. The highest BCUT2D eigenvalue weighted by Crippen LogP contribution is 2.34. The number of hydrogen-bond acceptors (Lipinski definition) is 3. The maximum atomic E-state index is 12.4. The summed E-state index contributed by atoms with van der Waals surface area (Å²) in [6, 6.07) is 9.89. The number of carbonyl (C=O) groups is 2. The molecule has 0 aromatic heterocycles. The lowest BCUT2D eigenvalue weighted by Crippen LogP contribution is -2.17. The molecule has 0 fully saturated rings. The Labute approximate surface area is 168 Å². The van der Waals surface area contributed by atoms with Gasteiger partial charge in [-0.15, -0.1) is 13.2 Å². The highest BCUT2D eigenvalue weighted by molar-refractivity contribution is 6.33. The fraction of sp³-hybridized carbons (Fsp3) is 0.200. The largest absolute Gasteiger partial charge is 0.573 e. The third kappa shape index (κ3) is 5.08. The van der Waals surface area contributed by atoms with Crippen LogP contribution in [-0.2, 0) is 9.59 Å². The molecule has 0 saturated heterocycles. The minimum Gasteiger partial charge on any atom is -0.478 e. The summed E-state index contributed by atoms with van der Waals surface area (Å²) < 4.78 is 41.1. The highest BCUT2D eigenvalue weighted by Gasteiger charge is 2.31. The van der Waals surface area contributed by atoms with Crippen LogP contribution in [0.25, 0.3) is 11.1 Å². The van der Waals surface area contributed by atoms with E-state index in [1.54, 1.807) is 12.1 Å². The molecule has 5 nitrogen and oxygen atoms in total. The lowest BCUT2D eigenvalue weighted by Gasteiger charge is -2.12. The van der Waals surface area contributed by atoms with Crippen LogP contribution in [0.3, 0.4) is 0 Å². The topological polar surface area (TPSA) is 75.6 Å². The van der Waals surface area contributed by atoms with E-state index in [1.807, 2.05) is 0 Å². The van der Waals surface area contributed by atoms with Crippen molar-refractivity contribution in [3.05, 3.63) is 58.6 Å². The summed E-state index contributed by atoms with van der Waals surface area (Å²) in [6.07, 6.45) is -3.49. The van der Waals surface area contributed by atoms with Gasteiger partial charge in [0, 0.05) is 22.4 Å². The lowest BCUT2D eigenvalue weighted by molar-refractivity contribution is -0.274. The molecule has 3 rings (SSSR count). The molecule has 9 heteroatoms. The molecule has 0 bridgehead atoms. The molecule has 2 aromatic rings. The first-order valence-corrected chi connectivity index (χ1v) is 8.94. The van der Waals surface area contributed by atoms with Crippen molar-refractivity contribution in [3.8, 4) is 16.9 Å². The SMILES string of the molecule is O=C(O)C1=C(C(=O)Nc2ccc(-c3cccc(OC(F)(F)F)c3)c(Cl)c2)CCC1. The van der Waals surface area contributed by atoms with Crippen molar-refractivity contribution in [2.24, 2.45) is 0 Å². The van der Waals surface area contributed by atoms with Crippen LogP contribution in [0.2, 0.25) is 5.02 Å². The monoisotopic (exact) mass is 425 g/mol.